The van der Waals surface area contributed by atoms with Crippen molar-refractivity contribution in [3.05, 3.63) is 36.5 Å². The Morgan fingerprint density at radius 1 is 1.10 bits per heavy atom. The van der Waals surface area contributed by atoms with E-state index in [1.165, 1.54) is 14.0 Å². The first kappa shape index (κ1) is 28.3. The molecule has 0 fully saturated rings. The zero-order valence-electron chi connectivity index (χ0n) is 20.3. The summed E-state index contributed by atoms with van der Waals surface area (Å²) in [5.74, 6) is -0.721. The normalized spacial score (nSPS) is 14.3. The molecule has 6 heteroatoms. The quantitative estimate of drug-likeness (QED) is 0.114. The lowest BCUT2D eigenvalue weighted by Crippen LogP contribution is -2.45. The molecular formula is C24H42O5Si. The number of esters is 2. The highest BCUT2D eigenvalue weighted by molar-refractivity contribution is 6.74. The molecule has 0 saturated heterocycles. The first-order valence-corrected chi connectivity index (χ1v) is 13.6. The van der Waals surface area contributed by atoms with Gasteiger partial charge in [-0.15, -0.1) is 0 Å². The Balaban J connectivity index is 4.98. The minimum Gasteiger partial charge on any atom is -0.466 e. The molecule has 0 bridgehead atoms. The lowest BCUT2D eigenvalue weighted by Gasteiger charge is -2.39. The molecule has 0 aromatic heterocycles. The van der Waals surface area contributed by atoms with Crippen molar-refractivity contribution in [3.8, 4) is 0 Å². The average molecular weight is 439 g/mol. The van der Waals surface area contributed by atoms with Gasteiger partial charge < -0.3 is 13.9 Å². The smallest absolute Gasteiger partial charge is 0.335 e. The van der Waals surface area contributed by atoms with Crippen LogP contribution in [-0.2, 0) is 23.5 Å². The van der Waals surface area contributed by atoms with Crippen LogP contribution in [0.5, 0.6) is 0 Å². The molecule has 30 heavy (non-hydrogen) atoms. The fourth-order valence-electron chi connectivity index (χ4n) is 2.64. The maximum Gasteiger partial charge on any atom is 0.335 e. The number of hydrogen-bond acceptors (Lipinski definition) is 5. The van der Waals surface area contributed by atoms with Crippen molar-refractivity contribution in [2.45, 2.75) is 97.1 Å². The van der Waals surface area contributed by atoms with Gasteiger partial charge in [-0.3, -0.25) is 4.79 Å². The van der Waals surface area contributed by atoms with Gasteiger partial charge in [0, 0.05) is 6.92 Å². The third kappa shape index (κ3) is 9.89. The van der Waals surface area contributed by atoms with Gasteiger partial charge in [0.2, 0.25) is 0 Å². The summed E-state index contributed by atoms with van der Waals surface area (Å²) in [5.41, 5.74) is 1.16. The first-order chi connectivity index (χ1) is 13.8. The Kier molecular flexibility index (Phi) is 12.2. The Hall–Kier alpha value is -1.66. The van der Waals surface area contributed by atoms with Gasteiger partial charge in [0.05, 0.1) is 18.8 Å². The summed E-state index contributed by atoms with van der Waals surface area (Å²) in [6.07, 6.45) is 7.27. The Labute approximate surface area is 184 Å². The largest absolute Gasteiger partial charge is 0.466 e. The monoisotopic (exact) mass is 438 g/mol. The van der Waals surface area contributed by atoms with Crippen molar-refractivity contribution in [1.82, 2.24) is 0 Å². The first-order valence-electron chi connectivity index (χ1n) is 10.7. The van der Waals surface area contributed by atoms with Gasteiger partial charge in [-0.2, -0.15) is 0 Å². The molecule has 0 aliphatic carbocycles. The summed E-state index contributed by atoms with van der Waals surface area (Å²) in [5, 5.41) is 0.0320. The number of ether oxygens (including phenoxy) is 2. The summed E-state index contributed by atoms with van der Waals surface area (Å²) < 4.78 is 16.7. The maximum absolute atomic E-state index is 12.0. The average Bonchev–Trinajstić information content (AvgIpc) is 2.63. The molecule has 5 nitrogen and oxygen atoms in total. The van der Waals surface area contributed by atoms with E-state index < -0.39 is 14.3 Å². The Bertz CT molecular complexity index is 628. The summed E-state index contributed by atoms with van der Waals surface area (Å²) >= 11 is 0. The molecule has 0 rings (SSSR count). The second-order valence-electron chi connectivity index (χ2n) is 9.18. The minimum absolute atomic E-state index is 0.0320. The van der Waals surface area contributed by atoms with Gasteiger partial charge >= 0.3 is 11.9 Å². The molecule has 0 aliphatic rings. The summed E-state index contributed by atoms with van der Waals surface area (Å²) in [4.78, 5) is 23.3. The van der Waals surface area contributed by atoms with E-state index in [-0.39, 0.29) is 23.2 Å². The van der Waals surface area contributed by atoms with Crippen molar-refractivity contribution in [2.75, 3.05) is 7.11 Å². The van der Waals surface area contributed by atoms with Crippen LogP contribution in [0.25, 0.3) is 0 Å². The van der Waals surface area contributed by atoms with Crippen LogP contribution < -0.4 is 0 Å². The zero-order valence-corrected chi connectivity index (χ0v) is 21.3. The van der Waals surface area contributed by atoms with E-state index in [4.69, 9.17) is 13.9 Å². The molecule has 172 valence electrons. The van der Waals surface area contributed by atoms with Crippen molar-refractivity contribution < 1.29 is 23.5 Å². The van der Waals surface area contributed by atoms with Gasteiger partial charge in [-0.1, -0.05) is 59.4 Å². The van der Waals surface area contributed by atoms with E-state index >= 15 is 0 Å². The summed E-state index contributed by atoms with van der Waals surface area (Å²) in [6, 6.07) is 0. The van der Waals surface area contributed by atoms with Gasteiger partial charge in [0.25, 0.3) is 0 Å². The van der Waals surface area contributed by atoms with Gasteiger partial charge in [-0.25, -0.2) is 4.79 Å². The van der Waals surface area contributed by atoms with Crippen LogP contribution in [-0.4, -0.2) is 39.6 Å². The fraction of sp³-hybridized carbons (Fsp3) is 0.667. The van der Waals surface area contributed by atoms with E-state index in [0.29, 0.717) is 12.0 Å². The number of rotatable bonds is 13. The van der Waals surface area contributed by atoms with Crippen molar-refractivity contribution in [3.63, 3.8) is 0 Å². The van der Waals surface area contributed by atoms with Crippen LogP contribution in [0.1, 0.15) is 66.7 Å². The van der Waals surface area contributed by atoms with E-state index in [1.54, 1.807) is 0 Å². The lowest BCUT2D eigenvalue weighted by molar-refractivity contribution is -0.144. The van der Waals surface area contributed by atoms with Crippen LogP contribution in [0.15, 0.2) is 36.5 Å². The summed E-state index contributed by atoms with van der Waals surface area (Å²) in [6.45, 7) is 22.3. The molecule has 0 N–H and O–H groups in total. The van der Waals surface area contributed by atoms with Gasteiger partial charge in [0.1, 0.15) is 6.10 Å². The van der Waals surface area contributed by atoms with E-state index in [9.17, 15) is 9.59 Å². The third-order valence-corrected chi connectivity index (χ3v) is 10.0. The number of hydrogen-bond donors (Lipinski definition) is 0. The van der Waals surface area contributed by atoms with Crippen LogP contribution in [0.3, 0.4) is 0 Å². The Morgan fingerprint density at radius 3 is 2.17 bits per heavy atom. The molecule has 0 radical (unpaired) electrons. The standard InChI is InChI=1S/C24H42O5Si/c1-11-15-21(28-20(4)25)18(2)16-13-12-14-17-22(19(3)23(26)27-8)29-30(9,10)24(5,6)7/h13,16,21-22H,2-3,11-12,14-15,17H2,1,4-10H3/b16-13-. The molecule has 0 heterocycles. The fourth-order valence-corrected chi connectivity index (χ4v) is 3.97. The molecule has 0 amide bonds. The second kappa shape index (κ2) is 12.9. The number of carbonyl (C=O) groups is 2. The van der Waals surface area contributed by atoms with E-state index in [1.807, 2.05) is 19.1 Å². The van der Waals surface area contributed by atoms with Crippen LogP contribution in [0.4, 0.5) is 0 Å². The van der Waals surface area contributed by atoms with Crippen LogP contribution >= 0.6 is 0 Å². The Morgan fingerprint density at radius 2 is 1.70 bits per heavy atom. The number of unbranched alkanes of at least 4 members (excludes halogenated alkanes) is 1. The van der Waals surface area contributed by atoms with Crippen molar-refractivity contribution >= 4 is 20.3 Å². The maximum atomic E-state index is 12.0. The highest BCUT2D eigenvalue weighted by Crippen LogP contribution is 2.38. The predicted molar refractivity (Wildman–Crippen MR) is 126 cm³/mol. The molecule has 2 unspecified atom stereocenters. The number of methoxy groups -OCH3 is 1. The van der Waals surface area contributed by atoms with Crippen molar-refractivity contribution in [1.29, 1.82) is 0 Å². The highest BCUT2D eigenvalue weighted by atomic mass is 28.4. The SMILES string of the molecule is C=C(/C=C\CCCC(O[Si](C)(C)C(C)(C)C)C(=C)C(=O)OC)C(CCC)OC(C)=O. The third-order valence-electron chi connectivity index (χ3n) is 5.52. The van der Waals surface area contributed by atoms with E-state index in [0.717, 1.165) is 31.3 Å². The van der Waals surface area contributed by atoms with E-state index in [2.05, 4.69) is 47.0 Å². The molecule has 2 atom stereocenters. The van der Waals surface area contributed by atoms with Crippen LogP contribution in [0, 0.1) is 0 Å². The lowest BCUT2D eigenvalue weighted by atomic mass is 10.0. The van der Waals surface area contributed by atoms with Crippen molar-refractivity contribution in [2.24, 2.45) is 0 Å². The molecule has 0 aromatic rings. The zero-order chi connectivity index (χ0) is 23.5. The topological polar surface area (TPSA) is 61.8 Å². The highest BCUT2D eigenvalue weighted by Gasteiger charge is 2.40. The molecule has 0 aliphatic heterocycles. The van der Waals surface area contributed by atoms with Crippen LogP contribution in [0.2, 0.25) is 18.1 Å². The van der Waals surface area contributed by atoms with Gasteiger partial charge in [-0.05, 0) is 49.4 Å². The second-order valence-corrected chi connectivity index (χ2v) is 13.9. The number of allylic oxidation sites excluding steroid dienone is 1. The van der Waals surface area contributed by atoms with Gasteiger partial charge in [0.15, 0.2) is 8.32 Å². The molecule has 0 spiro atoms. The number of carbonyl (C=O) groups excluding carboxylic acids is 2. The predicted octanol–water partition coefficient (Wildman–Crippen LogP) is 6.12. The molecular weight excluding hydrogens is 396 g/mol. The minimum atomic E-state index is -2.06. The molecule has 0 saturated carbocycles. The molecule has 0 aromatic carbocycles. The summed E-state index contributed by atoms with van der Waals surface area (Å²) in [7, 11) is -0.703.